The van der Waals surface area contributed by atoms with Crippen molar-refractivity contribution in [1.82, 2.24) is 15.1 Å². The van der Waals surface area contributed by atoms with Crippen LogP contribution in [0.3, 0.4) is 0 Å². The number of hydrogen-bond acceptors (Lipinski definition) is 3. The molecule has 1 saturated heterocycles. The van der Waals surface area contributed by atoms with Gasteiger partial charge in [-0.3, -0.25) is 4.79 Å². The van der Waals surface area contributed by atoms with Crippen LogP contribution >= 0.6 is 11.3 Å². The molecule has 1 unspecified atom stereocenters. The molecule has 0 radical (unpaired) electrons. The molecule has 128 valence electrons. The van der Waals surface area contributed by atoms with Crippen LogP contribution in [0.25, 0.3) is 0 Å². The Bertz CT molecular complexity index is 548. The Morgan fingerprint density at radius 1 is 1.52 bits per heavy atom. The molecule has 1 N–H and O–H groups in total. The molecule has 1 fully saturated rings. The molecule has 1 aliphatic heterocycles. The highest BCUT2D eigenvalue weighted by molar-refractivity contribution is 7.09. The van der Waals surface area contributed by atoms with Crippen molar-refractivity contribution in [2.24, 2.45) is 0 Å². The van der Waals surface area contributed by atoms with Crippen molar-refractivity contribution in [2.75, 3.05) is 26.7 Å². The smallest absolute Gasteiger partial charge is 0.333 e. The Hall–Kier alpha value is -1.77. The summed E-state index contributed by atoms with van der Waals surface area (Å²) in [7, 11) is 1.62. The van der Waals surface area contributed by atoms with Crippen molar-refractivity contribution in [3.63, 3.8) is 0 Å². The molecule has 5 nitrogen and oxygen atoms in total. The highest BCUT2D eigenvalue weighted by Crippen LogP contribution is 2.21. The van der Waals surface area contributed by atoms with Gasteiger partial charge in [0.25, 0.3) is 0 Å². The maximum atomic E-state index is 12.3. The number of nitrogens with one attached hydrogen (secondary N) is 1. The molecule has 1 aromatic heterocycles. The summed E-state index contributed by atoms with van der Waals surface area (Å²) in [6, 6.07) is 2.94. The molecule has 0 bridgehead atoms. The Labute approximate surface area is 136 Å². The van der Waals surface area contributed by atoms with Gasteiger partial charge in [0.2, 0.25) is 5.91 Å². The molecule has 3 amide bonds. The van der Waals surface area contributed by atoms with Crippen molar-refractivity contribution in [1.29, 1.82) is 0 Å². The summed E-state index contributed by atoms with van der Waals surface area (Å²) in [6.07, 6.45) is -3.81. The first-order valence-corrected chi connectivity index (χ1v) is 8.01. The predicted molar refractivity (Wildman–Crippen MR) is 80.2 cm³/mol. The molecule has 0 saturated carbocycles. The molecule has 1 aromatic rings. The van der Waals surface area contributed by atoms with Gasteiger partial charge in [0.15, 0.2) is 0 Å². The normalized spacial score (nSPS) is 18.3. The van der Waals surface area contributed by atoms with Crippen LogP contribution in [-0.2, 0) is 11.2 Å². The second-order valence-electron chi connectivity index (χ2n) is 5.49. The molecule has 9 heteroatoms. The van der Waals surface area contributed by atoms with Gasteiger partial charge in [-0.05, 0) is 17.9 Å². The average molecular weight is 349 g/mol. The standard InChI is InChI=1S/C14H18F3N3O2S/c1-19(5-4-11-3-2-6-23-11)13(22)18-10-7-12(21)20(8-10)9-14(15,16)17/h2-3,6,10H,4-5,7-9H2,1H3,(H,18,22). The number of amides is 3. The molecule has 0 spiro atoms. The molecule has 0 aromatic carbocycles. The zero-order valence-electron chi connectivity index (χ0n) is 12.6. The van der Waals surface area contributed by atoms with E-state index in [1.165, 1.54) is 4.90 Å². The topological polar surface area (TPSA) is 52.7 Å². The van der Waals surface area contributed by atoms with Crippen LogP contribution in [0.2, 0.25) is 0 Å². The fourth-order valence-corrected chi connectivity index (χ4v) is 3.06. The fourth-order valence-electron chi connectivity index (χ4n) is 2.36. The number of nitrogens with zero attached hydrogens (tertiary/aromatic N) is 2. The minimum absolute atomic E-state index is 0.0966. The highest BCUT2D eigenvalue weighted by Gasteiger charge is 2.38. The lowest BCUT2D eigenvalue weighted by molar-refractivity contribution is -0.157. The van der Waals surface area contributed by atoms with Crippen molar-refractivity contribution in [2.45, 2.75) is 25.1 Å². The number of likely N-dealkylation sites (tertiary alicyclic amines) is 1. The first-order chi connectivity index (χ1) is 10.7. The van der Waals surface area contributed by atoms with E-state index in [4.69, 9.17) is 0 Å². The molecule has 0 aliphatic carbocycles. The highest BCUT2D eigenvalue weighted by atomic mass is 32.1. The molecule has 1 atom stereocenters. The van der Waals surface area contributed by atoms with Gasteiger partial charge < -0.3 is 15.1 Å². The second-order valence-corrected chi connectivity index (χ2v) is 6.52. The number of halogens is 3. The monoisotopic (exact) mass is 349 g/mol. The lowest BCUT2D eigenvalue weighted by atomic mass is 10.2. The van der Waals surface area contributed by atoms with Crippen LogP contribution < -0.4 is 5.32 Å². The van der Waals surface area contributed by atoms with Gasteiger partial charge in [-0.15, -0.1) is 11.3 Å². The average Bonchev–Trinajstić information content (AvgIpc) is 3.05. The third kappa shape index (κ3) is 5.42. The van der Waals surface area contributed by atoms with E-state index in [0.717, 1.165) is 9.78 Å². The largest absolute Gasteiger partial charge is 0.406 e. The van der Waals surface area contributed by atoms with Crippen LogP contribution in [0.1, 0.15) is 11.3 Å². The quantitative estimate of drug-likeness (QED) is 0.885. The lowest BCUT2D eigenvalue weighted by Gasteiger charge is -2.21. The first-order valence-electron chi connectivity index (χ1n) is 7.13. The van der Waals surface area contributed by atoms with E-state index in [1.807, 2.05) is 17.5 Å². The summed E-state index contributed by atoms with van der Waals surface area (Å²) in [5.41, 5.74) is 0. The summed E-state index contributed by atoms with van der Waals surface area (Å²) in [5, 5.41) is 4.57. The fraction of sp³-hybridized carbons (Fsp3) is 0.571. The number of carbonyl (C=O) groups is 2. The SMILES string of the molecule is CN(CCc1cccs1)C(=O)NC1CC(=O)N(CC(F)(F)F)C1. The zero-order valence-corrected chi connectivity index (χ0v) is 13.4. The van der Waals surface area contributed by atoms with Crippen molar-refractivity contribution in [3.8, 4) is 0 Å². The number of urea groups is 1. The summed E-state index contributed by atoms with van der Waals surface area (Å²) in [5.74, 6) is -0.589. The summed E-state index contributed by atoms with van der Waals surface area (Å²) in [6.45, 7) is -0.880. The Morgan fingerprint density at radius 3 is 2.87 bits per heavy atom. The van der Waals surface area contributed by atoms with Crippen LogP contribution in [0.5, 0.6) is 0 Å². The van der Waals surface area contributed by atoms with Crippen molar-refractivity contribution < 1.29 is 22.8 Å². The van der Waals surface area contributed by atoms with Crippen LogP contribution in [0.4, 0.5) is 18.0 Å². The predicted octanol–water partition coefficient (Wildman–Crippen LogP) is 2.10. The molecule has 23 heavy (non-hydrogen) atoms. The molecular weight excluding hydrogens is 331 g/mol. The Balaban J connectivity index is 1.77. The Kier molecular flexibility index (Phi) is 5.51. The van der Waals surface area contributed by atoms with Gasteiger partial charge >= 0.3 is 12.2 Å². The number of carbonyl (C=O) groups excluding carboxylic acids is 2. The van der Waals surface area contributed by atoms with Gasteiger partial charge in [-0.2, -0.15) is 13.2 Å². The number of alkyl halides is 3. The number of hydrogen-bond donors (Lipinski definition) is 1. The van der Waals surface area contributed by atoms with E-state index in [-0.39, 0.29) is 19.0 Å². The minimum Gasteiger partial charge on any atom is -0.333 e. The summed E-state index contributed by atoms with van der Waals surface area (Å²) < 4.78 is 37.0. The van der Waals surface area contributed by atoms with Gasteiger partial charge in [0.1, 0.15) is 6.54 Å². The van der Waals surface area contributed by atoms with Crippen molar-refractivity contribution in [3.05, 3.63) is 22.4 Å². The number of rotatable bonds is 5. The maximum absolute atomic E-state index is 12.3. The van der Waals surface area contributed by atoms with Gasteiger partial charge in [-0.1, -0.05) is 6.07 Å². The second kappa shape index (κ2) is 7.20. The van der Waals surface area contributed by atoms with Crippen LogP contribution in [0, 0.1) is 0 Å². The molecule has 1 aliphatic rings. The van der Waals surface area contributed by atoms with E-state index < -0.39 is 24.7 Å². The van der Waals surface area contributed by atoms with Crippen LogP contribution in [0.15, 0.2) is 17.5 Å². The summed E-state index contributed by atoms with van der Waals surface area (Å²) in [4.78, 5) is 26.9. The third-order valence-corrected chi connectivity index (χ3v) is 4.47. The zero-order chi connectivity index (χ0) is 17.0. The van der Waals surface area contributed by atoms with Gasteiger partial charge in [0.05, 0.1) is 6.04 Å². The van der Waals surface area contributed by atoms with Crippen LogP contribution in [-0.4, -0.2) is 60.6 Å². The lowest BCUT2D eigenvalue weighted by Crippen LogP contribution is -2.45. The Morgan fingerprint density at radius 2 is 2.26 bits per heavy atom. The number of thiophene rings is 1. The van der Waals surface area contributed by atoms with Crippen molar-refractivity contribution >= 4 is 23.3 Å². The third-order valence-electron chi connectivity index (χ3n) is 3.53. The maximum Gasteiger partial charge on any atom is 0.406 e. The van der Waals surface area contributed by atoms with E-state index in [9.17, 15) is 22.8 Å². The van der Waals surface area contributed by atoms with E-state index in [2.05, 4.69) is 5.32 Å². The van der Waals surface area contributed by atoms with Gasteiger partial charge in [0, 0.05) is 31.4 Å². The van der Waals surface area contributed by atoms with E-state index in [0.29, 0.717) is 13.0 Å². The van der Waals surface area contributed by atoms with Gasteiger partial charge in [-0.25, -0.2) is 4.79 Å². The van der Waals surface area contributed by atoms with E-state index >= 15 is 0 Å². The minimum atomic E-state index is -4.42. The molecule has 2 heterocycles. The number of likely N-dealkylation sites (N-methyl/N-ethyl adjacent to an activating group) is 1. The first kappa shape index (κ1) is 17.6. The molecular formula is C14H18F3N3O2S. The molecule has 2 rings (SSSR count). The summed E-state index contributed by atoms with van der Waals surface area (Å²) >= 11 is 1.60. The van der Waals surface area contributed by atoms with E-state index in [1.54, 1.807) is 18.4 Å².